The quantitative estimate of drug-likeness (QED) is 0.379. The molecule has 0 saturated heterocycles. The van der Waals surface area contributed by atoms with Gasteiger partial charge in [-0.1, -0.05) is 20.3 Å². The van der Waals surface area contributed by atoms with Crippen LogP contribution in [0.5, 0.6) is 0 Å². The minimum Gasteiger partial charge on any atom is -0.502 e. The van der Waals surface area contributed by atoms with E-state index in [-0.39, 0.29) is 40.6 Å². The Morgan fingerprint density at radius 1 is 1.12 bits per heavy atom. The van der Waals surface area contributed by atoms with Gasteiger partial charge >= 0.3 is 5.97 Å². The van der Waals surface area contributed by atoms with Gasteiger partial charge in [0.05, 0.1) is 0 Å². The minimum absolute atomic E-state index is 0. The number of aliphatic hydroxyl groups is 1. The van der Waals surface area contributed by atoms with Crippen molar-refractivity contribution in [1.82, 2.24) is 0 Å². The van der Waals surface area contributed by atoms with Gasteiger partial charge in [-0.25, -0.2) is 4.79 Å². The third-order valence-electron chi connectivity index (χ3n) is 2.12. The molecule has 100 valence electrons. The molecular weight excluding hydrogens is 391 g/mol. The zero-order chi connectivity index (χ0) is 11.1. The molecule has 1 saturated carbocycles. The topological polar surface area (TPSA) is 110 Å². The van der Waals surface area contributed by atoms with Crippen molar-refractivity contribution in [2.45, 2.75) is 45.2 Å². The molecule has 0 bridgehead atoms. The largest absolute Gasteiger partial charge is 0.502 e. The van der Waals surface area contributed by atoms with Crippen LogP contribution < -0.4 is 11.5 Å². The van der Waals surface area contributed by atoms with Crippen molar-refractivity contribution in [3.05, 3.63) is 12.3 Å². The zero-order valence-corrected chi connectivity index (χ0v) is 10.7. The van der Waals surface area contributed by atoms with Crippen LogP contribution in [0.25, 0.3) is 0 Å². The van der Waals surface area contributed by atoms with Gasteiger partial charge in [-0.15, -0.1) is 0 Å². The van der Waals surface area contributed by atoms with E-state index in [9.17, 15) is 4.79 Å². The van der Waals surface area contributed by atoms with E-state index in [4.69, 9.17) is 21.7 Å². The van der Waals surface area contributed by atoms with E-state index in [1.807, 2.05) is 0 Å². The van der Waals surface area contributed by atoms with Crippen LogP contribution in [0.2, 0.25) is 0 Å². The fourth-order valence-electron chi connectivity index (χ4n) is 1.19. The summed E-state index contributed by atoms with van der Waals surface area (Å²) >= 11 is 0. The Bertz CT molecular complexity index is 190. The summed E-state index contributed by atoms with van der Waals surface area (Å²) in [6.45, 7) is 2.71. The van der Waals surface area contributed by atoms with Gasteiger partial charge in [0, 0.05) is 33.1 Å². The van der Waals surface area contributed by atoms with E-state index in [0.29, 0.717) is 0 Å². The molecule has 6 N–H and O–H groups in total. The van der Waals surface area contributed by atoms with Crippen molar-refractivity contribution in [3.8, 4) is 0 Å². The van der Waals surface area contributed by atoms with Crippen molar-refractivity contribution >= 4 is 5.97 Å². The molecule has 16 heavy (non-hydrogen) atoms. The summed E-state index contributed by atoms with van der Waals surface area (Å²) in [7, 11) is 0. The molecule has 1 fully saturated rings. The number of carboxylic acids is 1. The maximum absolute atomic E-state index is 9.35. The van der Waals surface area contributed by atoms with Crippen molar-refractivity contribution < 1.29 is 36.1 Å². The molecule has 0 aromatic rings. The Balaban J connectivity index is -0.000000195. The molecule has 0 aliphatic heterocycles. The van der Waals surface area contributed by atoms with Gasteiger partial charge in [0.2, 0.25) is 0 Å². The van der Waals surface area contributed by atoms with Gasteiger partial charge in [-0.2, -0.15) is 0 Å². The van der Waals surface area contributed by atoms with E-state index < -0.39 is 11.7 Å². The van der Waals surface area contributed by atoms with Gasteiger partial charge in [0.25, 0.3) is 0 Å². The van der Waals surface area contributed by atoms with Crippen LogP contribution in [0, 0.1) is 0 Å². The number of aliphatic hydroxyl groups excluding tert-OH is 1. The molecule has 1 aliphatic carbocycles. The molecule has 5 nitrogen and oxygen atoms in total. The summed E-state index contributed by atoms with van der Waals surface area (Å²) in [6, 6.07) is 0.562. The van der Waals surface area contributed by atoms with E-state index in [0.717, 1.165) is 12.8 Å². The SMILES string of the molecule is C.C=C(O)C(=O)O.N[C@@H]1CCCC[C@H]1N.[Pt]. The van der Waals surface area contributed by atoms with Crippen LogP contribution >= 0.6 is 0 Å². The maximum Gasteiger partial charge on any atom is 0.370 e. The molecule has 0 spiro atoms. The van der Waals surface area contributed by atoms with Gasteiger partial charge in [-0.3, -0.25) is 0 Å². The number of nitrogens with two attached hydrogens (primary N) is 2. The van der Waals surface area contributed by atoms with E-state index in [1.165, 1.54) is 12.8 Å². The molecule has 0 unspecified atom stereocenters. The second kappa shape index (κ2) is 11.1. The number of aliphatic carboxylic acids is 1. The molecule has 0 radical (unpaired) electrons. The Morgan fingerprint density at radius 2 is 1.38 bits per heavy atom. The van der Waals surface area contributed by atoms with E-state index in [2.05, 4.69) is 6.58 Å². The summed E-state index contributed by atoms with van der Waals surface area (Å²) in [4.78, 5) is 9.35. The van der Waals surface area contributed by atoms with Crippen LogP contribution in [-0.2, 0) is 25.9 Å². The fraction of sp³-hybridized carbons (Fsp3) is 0.700. The first-order valence-corrected chi connectivity index (χ1v) is 4.57. The standard InChI is InChI=1S/C6H14N2.C3H4O3.CH4.Pt/c7-5-3-1-2-4-6(5)8;1-2(4)3(5)6;;/h5-6H,1-4,7-8H2;4H,1H2,(H,5,6);1H4;/t5-,6-;;;/m1.../s1. The van der Waals surface area contributed by atoms with Crippen LogP contribution in [0.15, 0.2) is 12.3 Å². The Hall–Kier alpha value is -0.382. The van der Waals surface area contributed by atoms with Gasteiger partial charge in [-0.05, 0) is 19.4 Å². The number of hydrogen-bond donors (Lipinski definition) is 4. The van der Waals surface area contributed by atoms with Crippen LogP contribution in [0.3, 0.4) is 0 Å². The van der Waals surface area contributed by atoms with E-state index in [1.54, 1.807) is 0 Å². The zero-order valence-electron chi connectivity index (χ0n) is 8.46. The van der Waals surface area contributed by atoms with Gasteiger partial charge in [0.1, 0.15) is 0 Å². The first-order valence-electron chi connectivity index (χ1n) is 4.57. The molecule has 0 aromatic heterocycles. The predicted molar refractivity (Wildman–Crippen MR) is 60.6 cm³/mol. The molecule has 6 heteroatoms. The van der Waals surface area contributed by atoms with Crippen LogP contribution in [0.1, 0.15) is 33.1 Å². The Morgan fingerprint density at radius 3 is 1.50 bits per heavy atom. The van der Waals surface area contributed by atoms with E-state index >= 15 is 0 Å². The minimum atomic E-state index is -1.38. The normalized spacial score (nSPS) is 22.6. The average Bonchev–Trinajstić information content (AvgIpc) is 2.11. The average molecular weight is 413 g/mol. The molecule has 0 aromatic carbocycles. The van der Waals surface area contributed by atoms with Crippen molar-refractivity contribution in [3.63, 3.8) is 0 Å². The third kappa shape index (κ3) is 10.1. The number of rotatable bonds is 1. The smallest absolute Gasteiger partial charge is 0.370 e. The maximum atomic E-state index is 9.35. The molecule has 1 aliphatic rings. The Kier molecular flexibility index (Phi) is 14.6. The molecular formula is C10H22N2O3Pt. The predicted octanol–water partition coefficient (Wildman–Crippen LogP) is 0.991. The first-order chi connectivity index (χ1) is 6.45. The monoisotopic (exact) mass is 413 g/mol. The second-order valence-corrected chi connectivity index (χ2v) is 3.36. The first kappa shape index (κ1) is 21.0. The summed E-state index contributed by atoms with van der Waals surface area (Å²) in [5.41, 5.74) is 11.3. The Labute approximate surface area is 111 Å². The number of carboxylic acid groups (broad SMARTS) is 1. The van der Waals surface area contributed by atoms with Gasteiger partial charge in [0.15, 0.2) is 5.76 Å². The second-order valence-electron chi connectivity index (χ2n) is 3.36. The number of hydrogen-bond acceptors (Lipinski definition) is 4. The van der Waals surface area contributed by atoms with Crippen LogP contribution in [0.4, 0.5) is 0 Å². The summed E-state index contributed by atoms with van der Waals surface area (Å²) in [5.74, 6) is -2.20. The molecule has 2 atom stereocenters. The summed E-state index contributed by atoms with van der Waals surface area (Å²) < 4.78 is 0. The summed E-state index contributed by atoms with van der Waals surface area (Å²) in [6.07, 6.45) is 4.80. The fourth-order valence-corrected chi connectivity index (χ4v) is 1.19. The van der Waals surface area contributed by atoms with Crippen molar-refractivity contribution in [1.29, 1.82) is 0 Å². The van der Waals surface area contributed by atoms with Crippen molar-refractivity contribution in [2.75, 3.05) is 0 Å². The van der Waals surface area contributed by atoms with Gasteiger partial charge < -0.3 is 21.7 Å². The van der Waals surface area contributed by atoms with Crippen molar-refractivity contribution in [2.24, 2.45) is 11.5 Å². The molecule has 0 amide bonds. The number of carbonyl (C=O) groups is 1. The summed E-state index contributed by atoms with van der Waals surface area (Å²) in [5, 5.41) is 15.5. The molecule has 1 rings (SSSR count). The third-order valence-corrected chi connectivity index (χ3v) is 2.12. The molecule has 0 heterocycles. The van der Waals surface area contributed by atoms with Crippen LogP contribution in [-0.4, -0.2) is 28.3 Å².